The number of imide groups is 1. The van der Waals surface area contributed by atoms with E-state index in [0.717, 1.165) is 24.0 Å². The van der Waals surface area contributed by atoms with Crippen LogP contribution in [0.5, 0.6) is 0 Å². The summed E-state index contributed by atoms with van der Waals surface area (Å²) in [5, 5.41) is 3.96. The molecule has 2 bridgehead atoms. The predicted octanol–water partition coefficient (Wildman–Crippen LogP) is 0.858. The molecule has 3 fully saturated rings. The van der Waals surface area contributed by atoms with Crippen LogP contribution in [0, 0.1) is 11.8 Å². The molecule has 8 heteroatoms. The van der Waals surface area contributed by atoms with Crippen LogP contribution in [0.4, 0.5) is 0 Å². The highest BCUT2D eigenvalue weighted by atomic mass is 16.5. The van der Waals surface area contributed by atoms with Crippen LogP contribution in [0.1, 0.15) is 24.3 Å². The molecule has 0 aliphatic carbocycles. The monoisotopic (exact) mass is 354 g/mol. The Morgan fingerprint density at radius 3 is 2.35 bits per heavy atom. The van der Waals surface area contributed by atoms with Gasteiger partial charge in [0.05, 0.1) is 24.0 Å². The summed E-state index contributed by atoms with van der Waals surface area (Å²) in [5.41, 5.74) is 7.39. The molecule has 26 heavy (non-hydrogen) atoms. The summed E-state index contributed by atoms with van der Waals surface area (Å²) in [6.45, 7) is 0.475. The average Bonchev–Trinajstić information content (AvgIpc) is 3.43. The second kappa shape index (κ2) is 5.72. The van der Waals surface area contributed by atoms with E-state index in [2.05, 4.69) is 10.1 Å². The first-order chi connectivity index (χ1) is 12.7. The molecule has 0 saturated carbocycles. The van der Waals surface area contributed by atoms with Crippen LogP contribution in [-0.2, 0) is 27.4 Å². The molecule has 2 aromatic rings. The molecule has 5 rings (SSSR count). The van der Waals surface area contributed by atoms with Crippen molar-refractivity contribution in [3.63, 3.8) is 0 Å². The molecule has 4 unspecified atom stereocenters. The van der Waals surface area contributed by atoms with Crippen LogP contribution < -0.4 is 5.73 Å². The van der Waals surface area contributed by atoms with Crippen LogP contribution in [0.15, 0.2) is 28.8 Å². The van der Waals surface area contributed by atoms with Gasteiger partial charge in [0, 0.05) is 12.1 Å². The SMILES string of the molecule is NCc1ccc(-c2noc(CN3C(=O)C4C5CCC(O5)C4C3=O)n2)cc1. The minimum Gasteiger partial charge on any atom is -0.373 e. The Balaban J connectivity index is 1.35. The van der Waals surface area contributed by atoms with Gasteiger partial charge in [0.15, 0.2) is 0 Å². The molecule has 3 aliphatic rings. The van der Waals surface area contributed by atoms with Crippen LogP contribution in [0.3, 0.4) is 0 Å². The zero-order valence-corrected chi connectivity index (χ0v) is 14.0. The van der Waals surface area contributed by atoms with Gasteiger partial charge in [0.1, 0.15) is 6.54 Å². The maximum Gasteiger partial charge on any atom is 0.247 e. The van der Waals surface area contributed by atoms with Crippen molar-refractivity contribution in [1.29, 1.82) is 0 Å². The summed E-state index contributed by atoms with van der Waals surface area (Å²) in [5.74, 6) is -0.373. The summed E-state index contributed by atoms with van der Waals surface area (Å²) >= 11 is 0. The van der Waals surface area contributed by atoms with Gasteiger partial charge < -0.3 is 15.0 Å². The van der Waals surface area contributed by atoms with E-state index < -0.39 is 0 Å². The first kappa shape index (κ1) is 15.7. The van der Waals surface area contributed by atoms with E-state index in [-0.39, 0.29) is 48.3 Å². The van der Waals surface area contributed by atoms with E-state index in [1.165, 1.54) is 4.90 Å². The molecule has 1 aromatic heterocycles. The van der Waals surface area contributed by atoms with E-state index in [4.69, 9.17) is 15.0 Å². The van der Waals surface area contributed by atoms with E-state index in [9.17, 15) is 9.59 Å². The fraction of sp³-hybridized carbons (Fsp3) is 0.444. The number of carbonyl (C=O) groups is 2. The quantitative estimate of drug-likeness (QED) is 0.810. The van der Waals surface area contributed by atoms with Crippen molar-refractivity contribution in [2.75, 3.05) is 0 Å². The van der Waals surface area contributed by atoms with Crippen LogP contribution >= 0.6 is 0 Å². The van der Waals surface area contributed by atoms with Crippen molar-refractivity contribution < 1.29 is 18.8 Å². The number of hydrogen-bond acceptors (Lipinski definition) is 7. The Kier molecular flexibility index (Phi) is 3.44. The van der Waals surface area contributed by atoms with Gasteiger partial charge in [0.2, 0.25) is 23.5 Å². The van der Waals surface area contributed by atoms with Gasteiger partial charge in [-0.3, -0.25) is 14.5 Å². The van der Waals surface area contributed by atoms with Gasteiger partial charge in [0.25, 0.3) is 0 Å². The summed E-state index contributed by atoms with van der Waals surface area (Å²) in [4.78, 5) is 30.9. The Labute approximate surface area is 149 Å². The number of carbonyl (C=O) groups excluding carboxylic acids is 2. The van der Waals surface area contributed by atoms with E-state index in [1.54, 1.807) is 0 Å². The minimum absolute atomic E-state index is 0.0119. The predicted molar refractivity (Wildman–Crippen MR) is 88.1 cm³/mol. The lowest BCUT2D eigenvalue weighted by atomic mass is 9.81. The van der Waals surface area contributed by atoms with Crippen molar-refractivity contribution >= 4 is 11.8 Å². The molecule has 4 atom stereocenters. The number of benzene rings is 1. The molecule has 8 nitrogen and oxygen atoms in total. The van der Waals surface area contributed by atoms with Gasteiger partial charge in [-0.05, 0) is 18.4 Å². The number of aromatic nitrogens is 2. The fourth-order valence-corrected chi connectivity index (χ4v) is 4.29. The lowest BCUT2D eigenvalue weighted by molar-refractivity contribution is -0.143. The van der Waals surface area contributed by atoms with E-state index in [1.807, 2.05) is 24.3 Å². The molecule has 4 heterocycles. The summed E-state index contributed by atoms with van der Waals surface area (Å²) in [6, 6.07) is 7.52. The maximum absolute atomic E-state index is 12.7. The van der Waals surface area contributed by atoms with Crippen LogP contribution in [0.2, 0.25) is 0 Å². The van der Waals surface area contributed by atoms with E-state index >= 15 is 0 Å². The third-order valence-electron chi connectivity index (χ3n) is 5.58. The van der Waals surface area contributed by atoms with Gasteiger partial charge in [-0.25, -0.2) is 0 Å². The highest BCUT2D eigenvalue weighted by Crippen LogP contribution is 2.48. The van der Waals surface area contributed by atoms with Crippen LogP contribution in [0.25, 0.3) is 11.4 Å². The third-order valence-corrected chi connectivity index (χ3v) is 5.58. The summed E-state index contributed by atoms with van der Waals surface area (Å²) in [6.07, 6.45) is 1.46. The smallest absolute Gasteiger partial charge is 0.247 e. The lowest BCUT2D eigenvalue weighted by Gasteiger charge is -2.15. The minimum atomic E-state index is -0.340. The highest BCUT2D eigenvalue weighted by molar-refractivity contribution is 6.06. The Bertz CT molecular complexity index is 850. The molecule has 1 aromatic carbocycles. The molecule has 134 valence electrons. The number of rotatable bonds is 4. The topological polar surface area (TPSA) is 112 Å². The number of nitrogens with two attached hydrogens (primary N) is 1. The van der Waals surface area contributed by atoms with Crippen LogP contribution in [-0.4, -0.2) is 39.1 Å². The molecule has 3 aliphatic heterocycles. The normalized spacial score (nSPS) is 29.7. The standard InChI is InChI=1S/C18H18N4O4/c19-7-9-1-3-10(4-2-9)16-20-13(26-21-16)8-22-17(23)14-11-5-6-12(25-11)15(14)18(22)24/h1-4,11-12,14-15H,5-8,19H2. The number of likely N-dealkylation sites (tertiary alicyclic amines) is 1. The second-order valence-electron chi connectivity index (χ2n) is 7.02. The molecule has 0 spiro atoms. The van der Waals surface area contributed by atoms with Crippen molar-refractivity contribution in [2.24, 2.45) is 17.6 Å². The first-order valence-corrected chi connectivity index (χ1v) is 8.78. The fourth-order valence-electron chi connectivity index (χ4n) is 4.29. The number of ether oxygens (including phenoxy) is 1. The molecular formula is C18H18N4O4. The Morgan fingerprint density at radius 2 is 1.73 bits per heavy atom. The second-order valence-corrected chi connectivity index (χ2v) is 7.02. The van der Waals surface area contributed by atoms with Gasteiger partial charge in [-0.1, -0.05) is 29.4 Å². The van der Waals surface area contributed by atoms with Crippen molar-refractivity contribution in [2.45, 2.75) is 38.1 Å². The van der Waals surface area contributed by atoms with Gasteiger partial charge in [-0.15, -0.1) is 0 Å². The zero-order chi connectivity index (χ0) is 17.8. The number of amides is 2. The first-order valence-electron chi connectivity index (χ1n) is 8.78. The highest BCUT2D eigenvalue weighted by Gasteiger charge is 2.62. The number of nitrogens with zero attached hydrogens (tertiary/aromatic N) is 3. The summed E-state index contributed by atoms with van der Waals surface area (Å²) in [7, 11) is 0. The summed E-state index contributed by atoms with van der Waals surface area (Å²) < 4.78 is 11.0. The number of hydrogen-bond donors (Lipinski definition) is 1. The molecule has 2 amide bonds. The van der Waals surface area contributed by atoms with Gasteiger partial charge >= 0.3 is 0 Å². The van der Waals surface area contributed by atoms with Crippen molar-refractivity contribution in [1.82, 2.24) is 15.0 Å². The van der Waals surface area contributed by atoms with Crippen molar-refractivity contribution in [3.8, 4) is 11.4 Å². The van der Waals surface area contributed by atoms with Gasteiger partial charge in [-0.2, -0.15) is 4.98 Å². The molecule has 2 N–H and O–H groups in total. The largest absolute Gasteiger partial charge is 0.373 e. The number of fused-ring (bicyclic) bond motifs is 5. The average molecular weight is 354 g/mol. The lowest BCUT2D eigenvalue weighted by Crippen LogP contribution is -2.33. The Morgan fingerprint density at radius 1 is 1.08 bits per heavy atom. The molecule has 0 radical (unpaired) electrons. The maximum atomic E-state index is 12.7. The Hall–Kier alpha value is -2.58. The van der Waals surface area contributed by atoms with E-state index in [0.29, 0.717) is 12.4 Å². The third kappa shape index (κ3) is 2.22. The zero-order valence-electron chi connectivity index (χ0n) is 14.0. The van der Waals surface area contributed by atoms with Crippen molar-refractivity contribution in [3.05, 3.63) is 35.7 Å². The molecule has 3 saturated heterocycles. The molecular weight excluding hydrogens is 336 g/mol.